The molecular weight excluding hydrogens is 444 g/mol. The lowest BCUT2D eigenvalue weighted by atomic mass is 9.98. The zero-order valence-electron chi connectivity index (χ0n) is 19.9. The van der Waals surface area contributed by atoms with Crippen molar-refractivity contribution in [1.29, 1.82) is 0 Å². The van der Waals surface area contributed by atoms with Crippen LogP contribution in [0.5, 0.6) is 11.5 Å². The number of pyridine rings is 1. The number of para-hydroxylation sites is 1. The SMILES string of the molecule is CCCOc1ccc(C2c3c(oc4ccccc4c3=O)C(=O)N2c2ncccc2C)cc1OCC. The summed E-state index contributed by atoms with van der Waals surface area (Å²) in [6.45, 7) is 6.82. The van der Waals surface area contributed by atoms with Gasteiger partial charge in [0.05, 0.1) is 30.2 Å². The zero-order valence-corrected chi connectivity index (χ0v) is 19.9. The summed E-state index contributed by atoms with van der Waals surface area (Å²) in [6, 6.07) is 15.5. The van der Waals surface area contributed by atoms with Crippen LogP contribution < -0.4 is 19.8 Å². The fraction of sp³-hybridized carbons (Fsp3) is 0.250. The first-order valence-electron chi connectivity index (χ1n) is 11.8. The first kappa shape index (κ1) is 22.7. The summed E-state index contributed by atoms with van der Waals surface area (Å²) < 4.78 is 17.7. The Morgan fingerprint density at radius 3 is 2.60 bits per heavy atom. The maximum Gasteiger partial charge on any atom is 0.296 e. The highest BCUT2D eigenvalue weighted by atomic mass is 16.5. The van der Waals surface area contributed by atoms with E-state index < -0.39 is 11.9 Å². The van der Waals surface area contributed by atoms with Gasteiger partial charge in [0.1, 0.15) is 11.4 Å². The molecule has 35 heavy (non-hydrogen) atoms. The van der Waals surface area contributed by atoms with Gasteiger partial charge in [0.25, 0.3) is 5.91 Å². The van der Waals surface area contributed by atoms with Gasteiger partial charge >= 0.3 is 0 Å². The summed E-state index contributed by atoms with van der Waals surface area (Å²) in [7, 11) is 0. The Balaban J connectivity index is 1.76. The van der Waals surface area contributed by atoms with Crippen molar-refractivity contribution in [1.82, 2.24) is 4.98 Å². The zero-order chi connectivity index (χ0) is 24.5. The van der Waals surface area contributed by atoms with Crippen LogP contribution in [-0.2, 0) is 0 Å². The van der Waals surface area contributed by atoms with Crippen LogP contribution in [0.1, 0.15) is 53.6 Å². The van der Waals surface area contributed by atoms with Gasteiger partial charge in [-0.15, -0.1) is 0 Å². The molecule has 0 saturated carbocycles. The van der Waals surface area contributed by atoms with Crippen molar-refractivity contribution in [2.24, 2.45) is 0 Å². The molecule has 0 spiro atoms. The molecule has 1 unspecified atom stereocenters. The second-order valence-corrected chi connectivity index (χ2v) is 8.38. The summed E-state index contributed by atoms with van der Waals surface area (Å²) in [5, 5.41) is 0.427. The Bertz CT molecular complexity index is 1480. The topological polar surface area (TPSA) is 81.9 Å². The number of hydrogen-bond donors (Lipinski definition) is 0. The quantitative estimate of drug-likeness (QED) is 0.358. The number of nitrogens with zero attached hydrogens (tertiary/aromatic N) is 2. The van der Waals surface area contributed by atoms with Crippen molar-refractivity contribution in [3.63, 3.8) is 0 Å². The van der Waals surface area contributed by atoms with Crippen molar-refractivity contribution in [2.45, 2.75) is 33.2 Å². The summed E-state index contributed by atoms with van der Waals surface area (Å²) in [5.41, 5.74) is 1.95. The van der Waals surface area contributed by atoms with Crippen molar-refractivity contribution in [3.8, 4) is 11.5 Å². The highest BCUT2D eigenvalue weighted by molar-refractivity contribution is 6.10. The van der Waals surface area contributed by atoms with Crippen molar-refractivity contribution < 1.29 is 18.7 Å². The number of anilines is 1. The first-order chi connectivity index (χ1) is 17.0. The highest BCUT2D eigenvalue weighted by Crippen LogP contribution is 2.43. The van der Waals surface area contributed by atoms with E-state index in [1.165, 1.54) is 0 Å². The van der Waals surface area contributed by atoms with Crippen molar-refractivity contribution in [3.05, 3.63) is 93.5 Å². The molecule has 1 aliphatic heterocycles. The van der Waals surface area contributed by atoms with Crippen LogP contribution in [0, 0.1) is 6.92 Å². The molecule has 0 aliphatic carbocycles. The number of hydrogen-bond acceptors (Lipinski definition) is 6. The molecule has 7 nitrogen and oxygen atoms in total. The molecule has 1 aliphatic rings. The average Bonchev–Trinajstić information content (AvgIpc) is 3.16. The Morgan fingerprint density at radius 2 is 1.83 bits per heavy atom. The van der Waals surface area contributed by atoms with E-state index in [1.807, 2.05) is 51.1 Å². The van der Waals surface area contributed by atoms with Crippen LogP contribution in [-0.4, -0.2) is 24.1 Å². The maximum atomic E-state index is 13.7. The first-order valence-corrected chi connectivity index (χ1v) is 11.8. The normalized spacial score (nSPS) is 14.9. The molecule has 0 N–H and O–H groups in total. The number of aromatic nitrogens is 1. The minimum absolute atomic E-state index is 0.0352. The van der Waals surface area contributed by atoms with Gasteiger partial charge in [0.15, 0.2) is 16.9 Å². The van der Waals surface area contributed by atoms with Gasteiger partial charge in [0.2, 0.25) is 5.76 Å². The van der Waals surface area contributed by atoms with Gasteiger partial charge in [0, 0.05) is 6.20 Å². The number of carbonyl (C=O) groups is 1. The van der Waals surface area contributed by atoms with E-state index in [0.717, 1.165) is 12.0 Å². The van der Waals surface area contributed by atoms with Crippen LogP contribution in [0.25, 0.3) is 11.0 Å². The molecule has 7 heteroatoms. The Kier molecular flexibility index (Phi) is 5.99. The lowest BCUT2D eigenvalue weighted by molar-refractivity contribution is 0.0970. The van der Waals surface area contributed by atoms with E-state index in [-0.39, 0.29) is 11.2 Å². The molecule has 0 saturated heterocycles. The number of fused-ring (bicyclic) bond motifs is 2. The van der Waals surface area contributed by atoms with E-state index >= 15 is 0 Å². The van der Waals surface area contributed by atoms with Gasteiger partial charge in [-0.05, 0) is 61.7 Å². The molecule has 4 aromatic rings. The molecule has 3 heterocycles. The van der Waals surface area contributed by atoms with E-state index in [1.54, 1.807) is 35.4 Å². The summed E-state index contributed by atoms with van der Waals surface area (Å²) in [4.78, 5) is 33.5. The van der Waals surface area contributed by atoms with E-state index in [9.17, 15) is 9.59 Å². The standard InChI is InChI=1S/C28H26N2O5/c1-4-15-34-21-13-12-18(16-22(21)33-5-2)24-23-25(31)19-10-6-7-11-20(19)35-26(23)28(32)30(24)27-17(3)9-8-14-29-27/h6-14,16,24H,4-5,15H2,1-3H3. The smallest absolute Gasteiger partial charge is 0.296 e. The molecule has 5 rings (SSSR count). The van der Waals surface area contributed by atoms with E-state index in [4.69, 9.17) is 13.9 Å². The summed E-state index contributed by atoms with van der Waals surface area (Å²) in [5.74, 6) is 1.28. The lowest BCUT2D eigenvalue weighted by Crippen LogP contribution is -2.31. The fourth-order valence-electron chi connectivity index (χ4n) is 4.48. The molecular formula is C28H26N2O5. The van der Waals surface area contributed by atoms with Crippen LogP contribution >= 0.6 is 0 Å². The minimum atomic E-state index is -0.730. The summed E-state index contributed by atoms with van der Waals surface area (Å²) in [6.07, 6.45) is 2.49. The number of aryl methyl sites for hydroxylation is 1. The Hall–Kier alpha value is -4.13. The number of benzene rings is 2. The van der Waals surface area contributed by atoms with Gasteiger partial charge in [-0.25, -0.2) is 4.98 Å². The molecule has 2 aromatic carbocycles. The molecule has 0 fully saturated rings. The Labute approximate surface area is 202 Å². The molecule has 0 radical (unpaired) electrons. The molecule has 1 atom stereocenters. The van der Waals surface area contributed by atoms with Crippen LogP contribution in [0.4, 0.5) is 5.82 Å². The summed E-state index contributed by atoms with van der Waals surface area (Å²) >= 11 is 0. The third-order valence-corrected chi connectivity index (χ3v) is 6.03. The van der Waals surface area contributed by atoms with E-state index in [0.29, 0.717) is 52.6 Å². The van der Waals surface area contributed by atoms with Crippen LogP contribution in [0.3, 0.4) is 0 Å². The number of rotatable bonds is 7. The number of ether oxygens (including phenoxy) is 2. The third kappa shape index (κ3) is 3.83. The predicted octanol–water partition coefficient (Wildman–Crippen LogP) is 5.43. The largest absolute Gasteiger partial charge is 0.490 e. The van der Waals surface area contributed by atoms with Gasteiger partial charge in [-0.3, -0.25) is 14.5 Å². The second-order valence-electron chi connectivity index (χ2n) is 8.38. The monoisotopic (exact) mass is 470 g/mol. The third-order valence-electron chi connectivity index (χ3n) is 6.03. The van der Waals surface area contributed by atoms with Gasteiger partial charge in [-0.1, -0.05) is 31.2 Å². The highest BCUT2D eigenvalue weighted by Gasteiger charge is 2.45. The van der Waals surface area contributed by atoms with Crippen molar-refractivity contribution >= 4 is 22.7 Å². The van der Waals surface area contributed by atoms with Gasteiger partial charge in [-0.2, -0.15) is 0 Å². The number of amides is 1. The minimum Gasteiger partial charge on any atom is -0.490 e. The average molecular weight is 471 g/mol. The van der Waals surface area contributed by atoms with Crippen molar-refractivity contribution in [2.75, 3.05) is 18.1 Å². The fourth-order valence-corrected chi connectivity index (χ4v) is 4.48. The predicted molar refractivity (Wildman–Crippen MR) is 134 cm³/mol. The van der Waals surface area contributed by atoms with Gasteiger partial charge < -0.3 is 13.9 Å². The lowest BCUT2D eigenvalue weighted by Gasteiger charge is -2.26. The second kappa shape index (κ2) is 9.25. The Morgan fingerprint density at radius 1 is 1.00 bits per heavy atom. The van der Waals surface area contributed by atoms with E-state index in [2.05, 4.69) is 4.98 Å². The molecule has 0 bridgehead atoms. The maximum absolute atomic E-state index is 13.7. The molecule has 1 amide bonds. The van der Waals surface area contributed by atoms with Crippen LogP contribution in [0.15, 0.2) is 70.0 Å². The molecule has 178 valence electrons. The molecule has 2 aromatic heterocycles. The number of carbonyl (C=O) groups excluding carboxylic acids is 1. The van der Waals surface area contributed by atoms with Crippen LogP contribution in [0.2, 0.25) is 0 Å².